The van der Waals surface area contributed by atoms with Crippen molar-refractivity contribution in [3.05, 3.63) is 68.5 Å². The van der Waals surface area contributed by atoms with Crippen molar-refractivity contribution in [3.8, 4) is 0 Å². The average molecular weight is 347 g/mol. The highest BCUT2D eigenvalue weighted by Gasteiger charge is 2.23. The first-order chi connectivity index (χ1) is 10.2. The lowest BCUT2D eigenvalue weighted by atomic mass is 10.2. The van der Waals surface area contributed by atoms with Crippen LogP contribution in [0.2, 0.25) is 0 Å². The molecule has 1 aliphatic heterocycles. The molecule has 0 spiro atoms. The first-order valence-corrected chi connectivity index (χ1v) is 7.68. The Bertz CT molecular complexity index is 725. The molecule has 5 heteroatoms. The van der Waals surface area contributed by atoms with Gasteiger partial charge in [0.05, 0.1) is 4.47 Å². The summed E-state index contributed by atoms with van der Waals surface area (Å²) < 4.78 is 2.06. The Morgan fingerprint density at radius 3 is 2.52 bits per heavy atom. The number of pyridine rings is 1. The number of benzene rings is 1. The molecule has 2 heterocycles. The smallest absolute Gasteiger partial charge is 0.270 e. The molecule has 0 N–H and O–H groups in total. The lowest BCUT2D eigenvalue weighted by Crippen LogP contribution is -2.32. The minimum atomic E-state index is -0.137. The van der Waals surface area contributed by atoms with Gasteiger partial charge >= 0.3 is 0 Å². The zero-order valence-corrected chi connectivity index (χ0v) is 13.0. The summed E-state index contributed by atoms with van der Waals surface area (Å²) in [6.45, 7) is 1.81. The summed E-state index contributed by atoms with van der Waals surface area (Å²) in [7, 11) is 0. The number of carbonyl (C=O) groups excluding carboxylic acids is 1. The van der Waals surface area contributed by atoms with E-state index in [0.29, 0.717) is 29.8 Å². The van der Waals surface area contributed by atoms with Crippen molar-refractivity contribution in [2.24, 2.45) is 0 Å². The van der Waals surface area contributed by atoms with Gasteiger partial charge < -0.3 is 9.47 Å². The zero-order valence-electron chi connectivity index (χ0n) is 11.5. The van der Waals surface area contributed by atoms with E-state index in [1.54, 1.807) is 16.7 Å². The summed E-state index contributed by atoms with van der Waals surface area (Å²) in [4.78, 5) is 26.6. The number of aromatic nitrogens is 1. The molecule has 1 aromatic carbocycles. The predicted octanol–water partition coefficient (Wildman–Crippen LogP) is 2.66. The minimum Gasteiger partial charge on any atom is -0.333 e. The van der Waals surface area contributed by atoms with E-state index in [9.17, 15) is 9.59 Å². The highest BCUT2D eigenvalue weighted by Crippen LogP contribution is 2.15. The summed E-state index contributed by atoms with van der Waals surface area (Å²) in [5.41, 5.74) is 1.43. The van der Waals surface area contributed by atoms with Crippen molar-refractivity contribution >= 4 is 21.8 Å². The Labute approximate surface area is 131 Å². The number of carbonyl (C=O) groups is 1. The van der Waals surface area contributed by atoms with Gasteiger partial charge in [0.25, 0.3) is 11.5 Å². The molecule has 1 amide bonds. The highest BCUT2D eigenvalue weighted by molar-refractivity contribution is 9.10. The van der Waals surface area contributed by atoms with Crippen LogP contribution >= 0.6 is 15.9 Å². The van der Waals surface area contributed by atoms with E-state index < -0.39 is 0 Å². The van der Waals surface area contributed by atoms with Gasteiger partial charge in [-0.25, -0.2) is 0 Å². The van der Waals surface area contributed by atoms with Crippen molar-refractivity contribution in [2.75, 3.05) is 6.54 Å². The summed E-state index contributed by atoms with van der Waals surface area (Å²) in [6, 6.07) is 13.3. The van der Waals surface area contributed by atoms with Crippen molar-refractivity contribution in [1.29, 1.82) is 0 Å². The Morgan fingerprint density at radius 2 is 1.76 bits per heavy atom. The molecule has 0 radical (unpaired) electrons. The maximum absolute atomic E-state index is 12.7. The molecule has 0 aliphatic carbocycles. The van der Waals surface area contributed by atoms with E-state index in [2.05, 4.69) is 15.9 Å². The topological polar surface area (TPSA) is 42.3 Å². The maximum Gasteiger partial charge on any atom is 0.270 e. The van der Waals surface area contributed by atoms with Gasteiger partial charge in [-0.05, 0) is 40.0 Å². The van der Waals surface area contributed by atoms with Crippen LogP contribution in [0, 0.1) is 0 Å². The van der Waals surface area contributed by atoms with Crippen LogP contribution < -0.4 is 5.56 Å². The van der Waals surface area contributed by atoms with Gasteiger partial charge in [0.2, 0.25) is 0 Å². The molecule has 4 nitrogen and oxygen atoms in total. The average Bonchev–Trinajstić information content (AvgIpc) is 2.65. The molecule has 0 unspecified atom stereocenters. The zero-order chi connectivity index (χ0) is 14.8. The van der Waals surface area contributed by atoms with E-state index >= 15 is 0 Å². The molecule has 0 saturated heterocycles. The Morgan fingerprint density at radius 1 is 1.00 bits per heavy atom. The molecule has 108 valence electrons. The molecule has 0 fully saturated rings. The second kappa shape index (κ2) is 5.85. The number of amides is 1. The van der Waals surface area contributed by atoms with Crippen LogP contribution in [0.25, 0.3) is 0 Å². The summed E-state index contributed by atoms with van der Waals surface area (Å²) >= 11 is 3.23. The summed E-state index contributed by atoms with van der Waals surface area (Å²) in [5.74, 6) is -0.0825. The number of hydrogen-bond donors (Lipinski definition) is 0. The molecular formula is C16H15BrN2O2. The van der Waals surface area contributed by atoms with Crippen molar-refractivity contribution in [3.63, 3.8) is 0 Å². The van der Waals surface area contributed by atoms with Crippen molar-refractivity contribution in [1.82, 2.24) is 9.47 Å². The third-order valence-electron chi connectivity index (χ3n) is 3.66. The SMILES string of the molecule is O=C1c2ccc(Br)c(=O)n2CCCN1Cc1ccccc1. The van der Waals surface area contributed by atoms with E-state index in [1.165, 1.54) is 0 Å². The molecule has 1 aromatic heterocycles. The molecule has 0 bridgehead atoms. The molecular weight excluding hydrogens is 332 g/mol. The fraction of sp³-hybridized carbons (Fsp3) is 0.250. The monoisotopic (exact) mass is 346 g/mol. The minimum absolute atomic E-state index is 0.0825. The van der Waals surface area contributed by atoms with Crippen LogP contribution in [0.4, 0.5) is 0 Å². The van der Waals surface area contributed by atoms with Gasteiger partial charge in [-0.1, -0.05) is 30.3 Å². The lowest BCUT2D eigenvalue weighted by Gasteiger charge is -2.20. The third-order valence-corrected chi connectivity index (χ3v) is 4.26. The van der Waals surface area contributed by atoms with Gasteiger partial charge in [0.15, 0.2) is 0 Å². The highest BCUT2D eigenvalue weighted by atomic mass is 79.9. The van der Waals surface area contributed by atoms with E-state index in [4.69, 9.17) is 0 Å². The van der Waals surface area contributed by atoms with Crippen LogP contribution in [-0.4, -0.2) is 21.9 Å². The molecule has 0 saturated carbocycles. The third kappa shape index (κ3) is 2.78. The number of rotatable bonds is 2. The standard InChI is InChI=1S/C16H15BrN2O2/c17-13-7-8-14-16(21)18(9-4-10-19(14)15(13)20)11-12-5-2-1-3-6-12/h1-3,5-8H,4,9-11H2. The lowest BCUT2D eigenvalue weighted by molar-refractivity contribution is 0.0745. The number of hydrogen-bond acceptors (Lipinski definition) is 2. The van der Waals surface area contributed by atoms with Gasteiger partial charge in [-0.2, -0.15) is 0 Å². The van der Waals surface area contributed by atoms with Crippen LogP contribution in [0.3, 0.4) is 0 Å². The van der Waals surface area contributed by atoms with Gasteiger partial charge in [-0.15, -0.1) is 0 Å². The maximum atomic E-state index is 12.7. The molecule has 21 heavy (non-hydrogen) atoms. The second-order valence-corrected chi connectivity index (χ2v) is 5.94. The van der Waals surface area contributed by atoms with Crippen LogP contribution in [0.1, 0.15) is 22.5 Å². The largest absolute Gasteiger partial charge is 0.333 e. The number of nitrogens with zero attached hydrogens (tertiary/aromatic N) is 2. The molecule has 3 rings (SSSR count). The Balaban J connectivity index is 1.94. The molecule has 2 aromatic rings. The first-order valence-electron chi connectivity index (χ1n) is 6.89. The Hall–Kier alpha value is -1.88. The van der Waals surface area contributed by atoms with E-state index in [0.717, 1.165) is 12.0 Å². The number of halogens is 1. The van der Waals surface area contributed by atoms with Gasteiger partial charge in [0.1, 0.15) is 5.69 Å². The molecule has 1 aliphatic rings. The quantitative estimate of drug-likeness (QED) is 0.838. The van der Waals surface area contributed by atoms with Crippen molar-refractivity contribution < 1.29 is 4.79 Å². The first kappa shape index (κ1) is 14.1. The summed E-state index contributed by atoms with van der Waals surface area (Å²) in [5, 5.41) is 0. The van der Waals surface area contributed by atoms with Crippen LogP contribution in [0.5, 0.6) is 0 Å². The van der Waals surface area contributed by atoms with Crippen LogP contribution in [0.15, 0.2) is 51.7 Å². The van der Waals surface area contributed by atoms with Crippen molar-refractivity contribution in [2.45, 2.75) is 19.5 Å². The second-order valence-electron chi connectivity index (χ2n) is 5.09. The fourth-order valence-electron chi connectivity index (χ4n) is 2.60. The van der Waals surface area contributed by atoms with Gasteiger partial charge in [0, 0.05) is 19.6 Å². The van der Waals surface area contributed by atoms with Gasteiger partial charge in [-0.3, -0.25) is 9.59 Å². The van der Waals surface area contributed by atoms with Crippen LogP contribution in [-0.2, 0) is 13.1 Å². The number of fused-ring (bicyclic) bond motifs is 1. The summed E-state index contributed by atoms with van der Waals surface area (Å²) in [6.07, 6.45) is 0.780. The van der Waals surface area contributed by atoms with E-state index in [-0.39, 0.29) is 11.5 Å². The Kier molecular flexibility index (Phi) is 3.92. The fourth-order valence-corrected chi connectivity index (χ4v) is 2.94. The van der Waals surface area contributed by atoms with E-state index in [1.807, 2.05) is 35.2 Å². The normalized spacial score (nSPS) is 14.7. The predicted molar refractivity (Wildman–Crippen MR) is 84.2 cm³/mol. The molecule has 0 atom stereocenters.